The lowest BCUT2D eigenvalue weighted by Gasteiger charge is -2.12. The largest absolute Gasteiger partial charge is 0.473 e. The van der Waals surface area contributed by atoms with Gasteiger partial charge in [0.1, 0.15) is 17.0 Å². The van der Waals surface area contributed by atoms with Gasteiger partial charge in [-0.2, -0.15) is 9.97 Å². The number of nitrogens with two attached hydrogens (primary N) is 1. The second-order valence-corrected chi connectivity index (χ2v) is 5.32. The van der Waals surface area contributed by atoms with Crippen LogP contribution in [0.1, 0.15) is 13.8 Å². The van der Waals surface area contributed by atoms with Crippen molar-refractivity contribution in [2.75, 3.05) is 5.73 Å². The normalized spacial score (nSPS) is 10.9. The molecule has 0 aromatic carbocycles. The summed E-state index contributed by atoms with van der Waals surface area (Å²) in [4.78, 5) is 34.1. The number of nitrogen functional groups attached to an aromatic ring is 1. The summed E-state index contributed by atoms with van der Waals surface area (Å²) in [6, 6.07) is 0. The fourth-order valence-electron chi connectivity index (χ4n) is 1.40. The maximum absolute atomic E-state index is 11.3. The maximum Gasteiger partial charge on any atom is 0.339 e. The van der Waals surface area contributed by atoms with Crippen LogP contribution in [0.5, 0.6) is 5.88 Å². The number of aromatic amines is 1. The van der Waals surface area contributed by atoms with E-state index in [0.717, 1.165) is 11.8 Å². The zero-order valence-electron chi connectivity index (χ0n) is 11.7. The van der Waals surface area contributed by atoms with E-state index in [1.54, 1.807) is 7.05 Å². The number of nitrogens with zero attached hydrogens (tertiary/aromatic N) is 4. The Bertz CT molecular complexity index is 769. The Labute approximate surface area is 123 Å². The van der Waals surface area contributed by atoms with E-state index in [2.05, 4.69) is 20.1 Å². The molecule has 0 aliphatic heterocycles. The van der Waals surface area contributed by atoms with Crippen molar-refractivity contribution in [3.63, 3.8) is 0 Å². The number of rotatable bonds is 4. The molecular formula is C11H14N6O3S. The van der Waals surface area contributed by atoms with Crippen molar-refractivity contribution in [1.82, 2.24) is 24.7 Å². The second-order valence-electron chi connectivity index (χ2n) is 4.37. The van der Waals surface area contributed by atoms with Crippen LogP contribution in [0.25, 0.3) is 0 Å². The molecule has 112 valence electrons. The fourth-order valence-corrected chi connectivity index (χ4v) is 2.18. The lowest BCUT2D eigenvalue weighted by atomic mass is 10.4. The highest BCUT2D eigenvalue weighted by Crippen LogP contribution is 2.32. The lowest BCUT2D eigenvalue weighted by Crippen LogP contribution is -2.33. The molecule has 0 saturated carbocycles. The Balaban J connectivity index is 2.38. The van der Waals surface area contributed by atoms with Gasteiger partial charge in [-0.25, -0.2) is 4.98 Å². The van der Waals surface area contributed by atoms with Crippen molar-refractivity contribution in [1.29, 1.82) is 0 Å². The molecule has 0 saturated heterocycles. The molecule has 3 N–H and O–H groups in total. The molecule has 0 aliphatic rings. The van der Waals surface area contributed by atoms with Gasteiger partial charge in [-0.1, -0.05) is 0 Å². The maximum atomic E-state index is 11.3. The van der Waals surface area contributed by atoms with Crippen molar-refractivity contribution in [2.24, 2.45) is 7.05 Å². The minimum absolute atomic E-state index is 0.0874. The summed E-state index contributed by atoms with van der Waals surface area (Å²) in [6.45, 7) is 3.70. The number of ether oxygens (including phenoxy) is 1. The highest BCUT2D eigenvalue weighted by atomic mass is 32.2. The van der Waals surface area contributed by atoms with Crippen LogP contribution in [0.15, 0.2) is 26.1 Å². The summed E-state index contributed by atoms with van der Waals surface area (Å²) in [5.74, 6) is 0.261. The third-order valence-corrected chi connectivity index (χ3v) is 3.36. The third kappa shape index (κ3) is 3.40. The first-order valence-corrected chi connectivity index (χ1v) is 6.82. The molecule has 9 nitrogen and oxygen atoms in total. The van der Waals surface area contributed by atoms with Crippen LogP contribution >= 0.6 is 11.8 Å². The topological polar surface area (TPSA) is 129 Å². The second kappa shape index (κ2) is 5.95. The van der Waals surface area contributed by atoms with Gasteiger partial charge < -0.3 is 10.5 Å². The average molecular weight is 310 g/mol. The third-order valence-electron chi connectivity index (χ3n) is 2.29. The monoisotopic (exact) mass is 310 g/mol. The van der Waals surface area contributed by atoms with E-state index in [1.165, 1.54) is 11.0 Å². The number of H-pyrrole nitrogens is 1. The van der Waals surface area contributed by atoms with Gasteiger partial charge in [0.2, 0.25) is 5.88 Å². The lowest BCUT2D eigenvalue weighted by molar-refractivity contribution is 0.233. The first-order chi connectivity index (χ1) is 9.88. The van der Waals surface area contributed by atoms with Crippen molar-refractivity contribution in [3.8, 4) is 5.88 Å². The Kier molecular flexibility index (Phi) is 4.26. The van der Waals surface area contributed by atoms with E-state index in [9.17, 15) is 9.59 Å². The number of aryl methyl sites for hydroxylation is 1. The highest BCUT2D eigenvalue weighted by molar-refractivity contribution is 7.99. The Hall–Kier alpha value is -2.36. The first-order valence-electron chi connectivity index (χ1n) is 6.00. The summed E-state index contributed by atoms with van der Waals surface area (Å²) in [6.07, 6.45) is 1.22. The average Bonchev–Trinajstić information content (AvgIpc) is 2.40. The van der Waals surface area contributed by atoms with Gasteiger partial charge in [-0.05, 0) is 25.6 Å². The number of hydrogen-bond donors (Lipinski definition) is 2. The van der Waals surface area contributed by atoms with E-state index in [4.69, 9.17) is 10.5 Å². The summed E-state index contributed by atoms with van der Waals surface area (Å²) < 4.78 is 6.78. The minimum atomic E-state index is -0.873. The highest BCUT2D eigenvalue weighted by Gasteiger charge is 2.14. The van der Waals surface area contributed by atoms with E-state index >= 15 is 0 Å². The smallest absolute Gasteiger partial charge is 0.339 e. The van der Waals surface area contributed by atoms with Crippen molar-refractivity contribution in [2.45, 2.75) is 30.1 Å². The Morgan fingerprint density at radius 3 is 2.76 bits per heavy atom. The number of anilines is 1. The quantitative estimate of drug-likeness (QED) is 0.585. The number of hydrogen-bond acceptors (Lipinski definition) is 8. The molecule has 10 heteroatoms. The van der Waals surface area contributed by atoms with Gasteiger partial charge >= 0.3 is 11.1 Å². The summed E-state index contributed by atoms with van der Waals surface area (Å²) >= 11 is 1.03. The van der Waals surface area contributed by atoms with E-state index in [1.807, 2.05) is 13.8 Å². The summed E-state index contributed by atoms with van der Waals surface area (Å²) in [5, 5.41) is 2.98. The van der Waals surface area contributed by atoms with Gasteiger partial charge in [0.25, 0.3) is 0 Å². The van der Waals surface area contributed by atoms with Gasteiger partial charge in [-0.15, -0.1) is 0 Å². The van der Waals surface area contributed by atoms with Crippen molar-refractivity contribution < 1.29 is 4.74 Å². The fraction of sp³-hybridized carbons (Fsp3) is 0.364. The molecule has 2 rings (SSSR count). The van der Waals surface area contributed by atoms with Gasteiger partial charge in [0, 0.05) is 7.05 Å². The van der Waals surface area contributed by atoms with Crippen LogP contribution in [-0.4, -0.2) is 30.8 Å². The molecular weight excluding hydrogens is 296 g/mol. The Morgan fingerprint density at radius 2 is 2.10 bits per heavy atom. The predicted molar refractivity (Wildman–Crippen MR) is 76.4 cm³/mol. The van der Waals surface area contributed by atoms with Crippen LogP contribution in [0, 0.1) is 0 Å². The van der Waals surface area contributed by atoms with E-state index < -0.39 is 11.1 Å². The molecule has 0 unspecified atom stereocenters. The number of aromatic nitrogens is 5. The Morgan fingerprint density at radius 1 is 1.38 bits per heavy atom. The van der Waals surface area contributed by atoms with Crippen LogP contribution in [0.2, 0.25) is 0 Å². The summed E-state index contributed by atoms with van der Waals surface area (Å²) in [7, 11) is 1.55. The standard InChI is InChI=1S/C11H14N6O3S/c1-5(2)20-9-6(12)10(14-4-13-9)21-11-15-7(18)8(19)16-17(11)3/h4-5H,12H2,1-3H3,(H,16,19). The molecule has 2 heterocycles. The molecule has 0 spiro atoms. The minimum Gasteiger partial charge on any atom is -0.473 e. The molecule has 0 radical (unpaired) electrons. The van der Waals surface area contributed by atoms with Crippen molar-refractivity contribution >= 4 is 17.4 Å². The van der Waals surface area contributed by atoms with Crippen molar-refractivity contribution in [3.05, 3.63) is 27.0 Å². The van der Waals surface area contributed by atoms with Gasteiger partial charge in [-0.3, -0.25) is 19.4 Å². The molecule has 0 fully saturated rings. The predicted octanol–water partition coefficient (Wildman–Crippen LogP) is -0.221. The van der Waals surface area contributed by atoms with E-state index in [0.29, 0.717) is 5.03 Å². The van der Waals surface area contributed by atoms with Gasteiger partial charge in [0.05, 0.1) is 6.10 Å². The zero-order chi connectivity index (χ0) is 15.6. The molecule has 2 aromatic heterocycles. The van der Waals surface area contributed by atoms with Crippen LogP contribution < -0.4 is 21.6 Å². The van der Waals surface area contributed by atoms with E-state index in [-0.39, 0.29) is 22.8 Å². The SMILES string of the molecule is CC(C)Oc1ncnc(Sc2nc(=O)c(=O)[nH]n2C)c1N. The molecule has 0 aliphatic carbocycles. The van der Waals surface area contributed by atoms with Crippen LogP contribution in [-0.2, 0) is 7.05 Å². The zero-order valence-corrected chi connectivity index (χ0v) is 12.5. The van der Waals surface area contributed by atoms with Gasteiger partial charge in [0.15, 0.2) is 5.16 Å². The molecule has 2 aromatic rings. The molecule has 0 amide bonds. The number of nitrogens with one attached hydrogen (secondary N) is 1. The van der Waals surface area contributed by atoms with Crippen LogP contribution in [0.4, 0.5) is 5.69 Å². The molecule has 21 heavy (non-hydrogen) atoms. The first kappa shape index (κ1) is 15.0. The molecule has 0 bridgehead atoms. The van der Waals surface area contributed by atoms with Crippen LogP contribution in [0.3, 0.4) is 0 Å². The molecule has 0 atom stereocenters. The summed E-state index contributed by atoms with van der Waals surface area (Å²) in [5.41, 5.74) is 4.52.